The molecule has 0 aliphatic carbocycles. The first kappa shape index (κ1) is 23.8. The van der Waals surface area contributed by atoms with Crippen LogP contribution in [0.15, 0.2) is 64.5 Å². The van der Waals surface area contributed by atoms with E-state index < -0.39 is 29.2 Å². The van der Waals surface area contributed by atoms with Crippen LogP contribution < -0.4 is 20.7 Å². The lowest BCUT2D eigenvalue weighted by Gasteiger charge is -2.50. The second kappa shape index (κ2) is 9.59. The SMILES string of the molecule is CO/N=C(/C(=O)NC1C(=O)N2C(C(=O)[O-])=C(C[n+]3ccc4ccsc4c3)CSC12)c1cccc(N)n1. The lowest BCUT2D eigenvalue weighted by molar-refractivity contribution is -0.687. The molecular formula is C23H20N6O5S2. The number of oxime groups is 1. The standard InChI is InChI=1S/C23H20N6O5S2/c1-34-27-17(14-3-2-4-16(24)25-14)20(30)26-18-21(31)29-19(23(32)33)13(11-36-22(18)29)9-28-7-5-12-6-8-35-15(12)10-28/h2-8,10,18,22H,9,11H2,1H3,(H3-,24,25,26,30,32,33)/b27-17+. The van der Waals surface area contributed by atoms with E-state index in [1.165, 1.54) is 29.8 Å². The van der Waals surface area contributed by atoms with Gasteiger partial charge >= 0.3 is 0 Å². The molecule has 2 amide bonds. The number of nitrogens with zero attached hydrogens (tertiary/aromatic N) is 4. The first-order chi connectivity index (χ1) is 17.4. The molecule has 2 atom stereocenters. The second-order valence-electron chi connectivity index (χ2n) is 8.03. The van der Waals surface area contributed by atoms with Gasteiger partial charge in [-0.25, -0.2) is 4.98 Å². The summed E-state index contributed by atoms with van der Waals surface area (Å²) in [4.78, 5) is 48.1. The van der Waals surface area contributed by atoms with Crippen molar-refractivity contribution in [1.82, 2.24) is 15.2 Å². The van der Waals surface area contributed by atoms with Crippen molar-refractivity contribution in [2.45, 2.75) is 18.0 Å². The third-order valence-corrected chi connectivity index (χ3v) is 7.97. The highest BCUT2D eigenvalue weighted by atomic mass is 32.2. The van der Waals surface area contributed by atoms with E-state index in [2.05, 4.69) is 15.5 Å². The van der Waals surface area contributed by atoms with Crippen molar-refractivity contribution in [2.24, 2.45) is 5.16 Å². The predicted octanol–water partition coefficient (Wildman–Crippen LogP) is -0.379. The number of nitrogen functional groups attached to an aromatic ring is 1. The number of aliphatic carboxylic acids is 1. The zero-order valence-corrected chi connectivity index (χ0v) is 20.5. The minimum Gasteiger partial charge on any atom is -0.543 e. The van der Waals surface area contributed by atoms with Crippen LogP contribution in [0, 0.1) is 0 Å². The van der Waals surface area contributed by atoms with Gasteiger partial charge in [0, 0.05) is 22.8 Å². The summed E-state index contributed by atoms with van der Waals surface area (Å²) in [6.07, 6.45) is 3.81. The summed E-state index contributed by atoms with van der Waals surface area (Å²) in [7, 11) is 1.28. The molecule has 3 N–H and O–H groups in total. The Morgan fingerprint density at radius 1 is 1.36 bits per heavy atom. The smallest absolute Gasteiger partial charge is 0.276 e. The number of carbonyl (C=O) groups excluding carboxylic acids is 3. The van der Waals surface area contributed by atoms with Gasteiger partial charge in [0.2, 0.25) is 0 Å². The van der Waals surface area contributed by atoms with E-state index in [0.717, 1.165) is 10.1 Å². The zero-order valence-electron chi connectivity index (χ0n) is 18.9. The topological polar surface area (TPSA) is 154 Å². The number of β-lactam (4-membered cyclic amide) rings is 1. The Bertz CT molecular complexity index is 1450. The number of fused-ring (bicyclic) bond motifs is 2. The number of anilines is 1. The molecule has 5 rings (SSSR count). The molecule has 13 heteroatoms. The number of nitrogens with one attached hydrogen (secondary N) is 1. The Kier molecular flexibility index (Phi) is 6.33. The van der Waals surface area contributed by atoms with E-state index in [1.54, 1.807) is 23.5 Å². The van der Waals surface area contributed by atoms with E-state index in [1.807, 2.05) is 34.5 Å². The fraction of sp³-hybridized carbons (Fsp3) is 0.217. The number of pyridine rings is 2. The Morgan fingerprint density at radius 3 is 2.94 bits per heavy atom. The molecule has 0 bridgehead atoms. The number of thioether (sulfide) groups is 1. The van der Waals surface area contributed by atoms with Crippen LogP contribution in [0.25, 0.3) is 10.1 Å². The summed E-state index contributed by atoms with van der Waals surface area (Å²) in [6.45, 7) is 0.295. The number of thiophene rings is 1. The van der Waals surface area contributed by atoms with Crippen molar-refractivity contribution in [3.8, 4) is 0 Å². The Morgan fingerprint density at radius 2 is 2.19 bits per heavy atom. The maximum atomic E-state index is 13.0. The molecule has 0 radical (unpaired) electrons. The summed E-state index contributed by atoms with van der Waals surface area (Å²) in [5, 5.41) is 20.9. The highest BCUT2D eigenvalue weighted by molar-refractivity contribution is 8.00. The predicted molar refractivity (Wildman–Crippen MR) is 131 cm³/mol. The molecule has 2 unspecified atom stereocenters. The number of carboxylic acid groups (broad SMARTS) is 1. The summed E-state index contributed by atoms with van der Waals surface area (Å²) >= 11 is 2.96. The van der Waals surface area contributed by atoms with Gasteiger partial charge in [-0.1, -0.05) is 11.2 Å². The third-order valence-electron chi connectivity index (χ3n) is 5.77. The number of hydrogen-bond acceptors (Lipinski definition) is 10. The molecule has 184 valence electrons. The van der Waals surface area contributed by atoms with E-state index in [0.29, 0.717) is 17.9 Å². The van der Waals surface area contributed by atoms with Crippen molar-refractivity contribution in [3.05, 3.63) is 65.1 Å². The number of amides is 2. The Balaban J connectivity index is 1.36. The molecule has 2 aliphatic rings. The average molecular weight is 525 g/mol. The van der Waals surface area contributed by atoms with Gasteiger partial charge in [0.25, 0.3) is 11.8 Å². The van der Waals surface area contributed by atoms with Crippen molar-refractivity contribution >= 4 is 62.5 Å². The van der Waals surface area contributed by atoms with Crippen LogP contribution in [0.1, 0.15) is 5.69 Å². The van der Waals surface area contributed by atoms with Crippen LogP contribution in [0.3, 0.4) is 0 Å². The molecule has 0 aromatic carbocycles. The molecule has 36 heavy (non-hydrogen) atoms. The van der Waals surface area contributed by atoms with Gasteiger partial charge in [0.15, 0.2) is 24.7 Å². The number of rotatable bonds is 7. The van der Waals surface area contributed by atoms with E-state index in [4.69, 9.17) is 10.6 Å². The second-order valence-corrected chi connectivity index (χ2v) is 10.1. The van der Waals surface area contributed by atoms with Crippen LogP contribution in [0.4, 0.5) is 5.82 Å². The summed E-state index contributed by atoms with van der Waals surface area (Å²) in [5.41, 5.74) is 6.12. The van der Waals surface area contributed by atoms with E-state index in [9.17, 15) is 19.5 Å². The van der Waals surface area contributed by atoms with Crippen LogP contribution >= 0.6 is 23.1 Å². The van der Waals surface area contributed by atoms with Gasteiger partial charge < -0.3 is 25.8 Å². The largest absolute Gasteiger partial charge is 0.543 e. The maximum Gasteiger partial charge on any atom is 0.276 e. The van der Waals surface area contributed by atoms with Gasteiger partial charge in [0.05, 0.1) is 16.4 Å². The Hall–Kier alpha value is -3.97. The number of nitrogens with two attached hydrogens (primary N) is 1. The monoisotopic (exact) mass is 524 g/mol. The normalized spacial score (nSPS) is 19.6. The lowest BCUT2D eigenvalue weighted by atomic mass is 10.0. The fourth-order valence-corrected chi connectivity index (χ4v) is 6.31. The van der Waals surface area contributed by atoms with Gasteiger partial charge in [-0.15, -0.1) is 23.1 Å². The molecule has 5 heterocycles. The third kappa shape index (κ3) is 4.27. The highest BCUT2D eigenvalue weighted by Crippen LogP contribution is 2.40. The number of hydrogen-bond donors (Lipinski definition) is 2. The van der Waals surface area contributed by atoms with Crippen molar-refractivity contribution < 1.29 is 28.9 Å². The van der Waals surface area contributed by atoms with Crippen molar-refractivity contribution in [2.75, 3.05) is 18.6 Å². The number of aromatic nitrogens is 2. The van der Waals surface area contributed by atoms with Gasteiger partial charge in [0.1, 0.15) is 30.0 Å². The Labute approximate surface area is 213 Å². The van der Waals surface area contributed by atoms with Gasteiger partial charge in [-0.05, 0) is 23.6 Å². The van der Waals surface area contributed by atoms with Gasteiger partial charge in [-0.2, -0.15) is 4.57 Å². The lowest BCUT2D eigenvalue weighted by Crippen LogP contribution is -2.71. The molecule has 3 aromatic heterocycles. The number of carbonyl (C=O) groups is 3. The molecule has 3 aromatic rings. The molecule has 2 aliphatic heterocycles. The molecule has 11 nitrogen and oxygen atoms in total. The van der Waals surface area contributed by atoms with Crippen LogP contribution in [0.5, 0.6) is 0 Å². The molecule has 1 fully saturated rings. The zero-order chi connectivity index (χ0) is 25.4. The fourth-order valence-electron chi connectivity index (χ4n) is 4.14. The van der Waals surface area contributed by atoms with Crippen LogP contribution in [-0.4, -0.2) is 57.7 Å². The molecular weight excluding hydrogens is 504 g/mol. The molecule has 1 saturated heterocycles. The quantitative estimate of drug-likeness (QED) is 0.184. The van der Waals surface area contributed by atoms with Crippen LogP contribution in [-0.2, 0) is 25.8 Å². The molecule has 0 saturated carbocycles. The maximum absolute atomic E-state index is 13.0. The summed E-state index contributed by atoms with van der Waals surface area (Å²) < 4.78 is 2.95. The van der Waals surface area contributed by atoms with E-state index >= 15 is 0 Å². The summed E-state index contributed by atoms with van der Waals surface area (Å²) in [6, 6.07) is 7.72. The first-order valence-electron chi connectivity index (χ1n) is 10.8. The molecule has 0 spiro atoms. The van der Waals surface area contributed by atoms with Crippen LogP contribution in [0.2, 0.25) is 0 Å². The van der Waals surface area contributed by atoms with E-state index in [-0.39, 0.29) is 22.9 Å². The number of carboxylic acids is 1. The van der Waals surface area contributed by atoms with Crippen molar-refractivity contribution in [3.63, 3.8) is 0 Å². The highest BCUT2D eigenvalue weighted by Gasteiger charge is 2.53. The van der Waals surface area contributed by atoms with Gasteiger partial charge in [-0.3, -0.25) is 14.5 Å². The first-order valence-corrected chi connectivity index (χ1v) is 12.7. The summed E-state index contributed by atoms with van der Waals surface area (Å²) in [5.74, 6) is -2.14. The van der Waals surface area contributed by atoms with Crippen molar-refractivity contribution in [1.29, 1.82) is 0 Å². The minimum atomic E-state index is -1.43. The minimum absolute atomic E-state index is 0.156. The average Bonchev–Trinajstić information content (AvgIpc) is 3.33.